The number of hydrogen-bond acceptors (Lipinski definition) is 5. The van der Waals surface area contributed by atoms with Crippen LogP contribution in [0, 0.1) is 11.6 Å². The summed E-state index contributed by atoms with van der Waals surface area (Å²) in [7, 11) is 1.58. The second kappa shape index (κ2) is 8.51. The number of nitrogens with zero attached hydrogens (tertiary/aromatic N) is 2. The fraction of sp³-hybridized carbons (Fsp3) is 0.0909. The fourth-order valence-corrected chi connectivity index (χ4v) is 3.23. The van der Waals surface area contributed by atoms with Crippen molar-refractivity contribution in [1.29, 1.82) is 0 Å². The summed E-state index contributed by atoms with van der Waals surface area (Å²) in [4.78, 5) is 0. The molecule has 0 fully saturated rings. The van der Waals surface area contributed by atoms with Crippen LogP contribution in [-0.2, 0) is 0 Å². The van der Waals surface area contributed by atoms with Crippen LogP contribution in [0.5, 0.6) is 5.75 Å². The molecular formula is C22H16ClF2N3O2. The molecule has 0 unspecified atom stereocenters. The van der Waals surface area contributed by atoms with Crippen molar-refractivity contribution in [3.8, 4) is 17.2 Å². The van der Waals surface area contributed by atoms with Crippen molar-refractivity contribution in [1.82, 2.24) is 10.2 Å². The van der Waals surface area contributed by atoms with Gasteiger partial charge in [0.25, 0.3) is 0 Å². The second-order valence-corrected chi connectivity index (χ2v) is 6.83. The van der Waals surface area contributed by atoms with Gasteiger partial charge in [0.1, 0.15) is 23.4 Å². The van der Waals surface area contributed by atoms with Crippen molar-refractivity contribution in [2.24, 2.45) is 0 Å². The lowest BCUT2D eigenvalue weighted by atomic mass is 10.1. The SMILES string of the molecule is COc1ccc(N[C@H](c2nnc(-c3cccc(F)c3)o2)c2ccc(F)cc2Cl)cc1. The molecule has 1 heterocycles. The van der Waals surface area contributed by atoms with E-state index in [0.29, 0.717) is 16.9 Å². The highest BCUT2D eigenvalue weighted by Gasteiger charge is 2.24. The van der Waals surface area contributed by atoms with Crippen LogP contribution < -0.4 is 10.1 Å². The quantitative estimate of drug-likeness (QED) is 0.416. The normalized spacial score (nSPS) is 11.9. The molecule has 8 heteroatoms. The predicted octanol–water partition coefficient (Wildman–Crippen LogP) is 5.88. The standard InChI is InChI=1S/C22H16ClF2N3O2/c1-29-17-8-6-16(7-9-17)26-20(18-10-5-15(25)12-19(18)23)22-28-27-21(30-22)13-3-2-4-14(24)11-13/h2-12,20,26H,1H3/t20-/m0/s1. The number of ether oxygens (including phenoxy) is 1. The van der Waals surface area contributed by atoms with Gasteiger partial charge in [-0.05, 0) is 54.6 Å². The summed E-state index contributed by atoms with van der Waals surface area (Å²) in [5.41, 5.74) is 1.72. The number of aromatic nitrogens is 2. The summed E-state index contributed by atoms with van der Waals surface area (Å²) in [6.07, 6.45) is 0. The molecule has 1 atom stereocenters. The van der Waals surface area contributed by atoms with E-state index in [4.69, 9.17) is 20.8 Å². The van der Waals surface area contributed by atoms with E-state index >= 15 is 0 Å². The number of halogens is 3. The smallest absolute Gasteiger partial charge is 0.247 e. The Morgan fingerprint density at radius 3 is 2.43 bits per heavy atom. The molecule has 0 bridgehead atoms. The van der Waals surface area contributed by atoms with Crippen LogP contribution in [0.2, 0.25) is 5.02 Å². The van der Waals surface area contributed by atoms with Crippen molar-refractivity contribution in [2.75, 3.05) is 12.4 Å². The highest BCUT2D eigenvalue weighted by Crippen LogP contribution is 2.33. The Morgan fingerprint density at radius 2 is 1.73 bits per heavy atom. The Balaban J connectivity index is 1.73. The molecular weight excluding hydrogens is 412 g/mol. The number of hydrogen-bond donors (Lipinski definition) is 1. The third-order valence-electron chi connectivity index (χ3n) is 4.43. The van der Waals surface area contributed by atoms with E-state index in [1.165, 1.54) is 24.3 Å². The lowest BCUT2D eigenvalue weighted by molar-refractivity contribution is 0.415. The van der Waals surface area contributed by atoms with Gasteiger partial charge in [0.15, 0.2) is 0 Å². The summed E-state index contributed by atoms with van der Waals surface area (Å²) in [6.45, 7) is 0. The molecule has 0 saturated heterocycles. The summed E-state index contributed by atoms with van der Waals surface area (Å²) in [5, 5.41) is 11.6. The van der Waals surface area contributed by atoms with Crippen molar-refractivity contribution in [3.05, 3.63) is 94.8 Å². The van der Waals surface area contributed by atoms with E-state index in [-0.39, 0.29) is 16.8 Å². The van der Waals surface area contributed by atoms with Crippen molar-refractivity contribution < 1.29 is 17.9 Å². The van der Waals surface area contributed by atoms with Crippen molar-refractivity contribution >= 4 is 17.3 Å². The van der Waals surface area contributed by atoms with E-state index in [2.05, 4.69) is 15.5 Å². The van der Waals surface area contributed by atoms with E-state index in [1.807, 2.05) is 12.1 Å². The van der Waals surface area contributed by atoms with E-state index < -0.39 is 17.7 Å². The van der Waals surface area contributed by atoms with Crippen LogP contribution in [0.3, 0.4) is 0 Å². The van der Waals surface area contributed by atoms with Crippen LogP contribution in [-0.4, -0.2) is 17.3 Å². The highest BCUT2D eigenvalue weighted by molar-refractivity contribution is 6.31. The molecule has 1 aromatic heterocycles. The molecule has 4 aromatic rings. The minimum absolute atomic E-state index is 0.157. The van der Waals surface area contributed by atoms with Gasteiger partial charge in [-0.3, -0.25) is 0 Å². The summed E-state index contributed by atoms with van der Waals surface area (Å²) >= 11 is 6.29. The molecule has 5 nitrogen and oxygen atoms in total. The third-order valence-corrected chi connectivity index (χ3v) is 4.76. The topological polar surface area (TPSA) is 60.2 Å². The zero-order chi connectivity index (χ0) is 21.1. The minimum Gasteiger partial charge on any atom is -0.497 e. The lowest BCUT2D eigenvalue weighted by Gasteiger charge is -2.18. The first-order valence-corrected chi connectivity index (χ1v) is 9.36. The van der Waals surface area contributed by atoms with Gasteiger partial charge in [0, 0.05) is 21.8 Å². The van der Waals surface area contributed by atoms with Crippen LogP contribution in [0.25, 0.3) is 11.5 Å². The summed E-state index contributed by atoms with van der Waals surface area (Å²) < 4.78 is 38.1. The Morgan fingerprint density at radius 1 is 0.967 bits per heavy atom. The molecule has 4 rings (SSSR count). The van der Waals surface area contributed by atoms with E-state index in [0.717, 1.165) is 5.69 Å². The van der Waals surface area contributed by atoms with Gasteiger partial charge < -0.3 is 14.5 Å². The zero-order valence-electron chi connectivity index (χ0n) is 15.8. The van der Waals surface area contributed by atoms with Gasteiger partial charge in [-0.1, -0.05) is 23.7 Å². The molecule has 0 aliphatic heterocycles. The van der Waals surface area contributed by atoms with Crippen molar-refractivity contribution in [3.63, 3.8) is 0 Å². The lowest BCUT2D eigenvalue weighted by Crippen LogP contribution is -2.13. The van der Waals surface area contributed by atoms with Gasteiger partial charge in [-0.15, -0.1) is 10.2 Å². The number of benzene rings is 3. The largest absolute Gasteiger partial charge is 0.497 e. The maximum absolute atomic E-state index is 13.6. The first kappa shape index (κ1) is 19.8. The molecule has 0 aliphatic carbocycles. The van der Waals surface area contributed by atoms with Crippen LogP contribution >= 0.6 is 11.6 Å². The maximum atomic E-state index is 13.6. The molecule has 30 heavy (non-hydrogen) atoms. The summed E-state index contributed by atoms with van der Waals surface area (Å²) in [6, 6.07) is 16.4. The minimum atomic E-state index is -0.665. The van der Waals surface area contributed by atoms with Crippen LogP contribution in [0.1, 0.15) is 17.5 Å². The molecule has 3 aromatic carbocycles. The zero-order valence-corrected chi connectivity index (χ0v) is 16.5. The number of anilines is 1. The molecule has 0 spiro atoms. The molecule has 152 valence electrons. The number of rotatable bonds is 6. The average Bonchev–Trinajstić information content (AvgIpc) is 3.23. The molecule has 0 saturated carbocycles. The van der Waals surface area contributed by atoms with Crippen molar-refractivity contribution in [2.45, 2.75) is 6.04 Å². The Hall–Kier alpha value is -3.45. The monoisotopic (exact) mass is 427 g/mol. The second-order valence-electron chi connectivity index (χ2n) is 6.43. The average molecular weight is 428 g/mol. The fourth-order valence-electron chi connectivity index (χ4n) is 2.95. The molecule has 0 radical (unpaired) electrons. The number of nitrogens with one attached hydrogen (secondary N) is 1. The van der Waals surface area contributed by atoms with Gasteiger partial charge in [0.2, 0.25) is 11.8 Å². The van der Waals surface area contributed by atoms with Crippen LogP contribution in [0.4, 0.5) is 14.5 Å². The molecule has 1 N–H and O–H groups in total. The van der Waals surface area contributed by atoms with E-state index in [9.17, 15) is 8.78 Å². The van der Waals surface area contributed by atoms with Gasteiger partial charge in [-0.25, -0.2) is 8.78 Å². The first-order chi connectivity index (χ1) is 14.5. The van der Waals surface area contributed by atoms with Gasteiger partial charge in [0.05, 0.1) is 7.11 Å². The Labute approximate surface area is 176 Å². The molecule has 0 aliphatic rings. The predicted molar refractivity (Wildman–Crippen MR) is 110 cm³/mol. The van der Waals surface area contributed by atoms with Gasteiger partial charge in [-0.2, -0.15) is 0 Å². The van der Waals surface area contributed by atoms with Crippen LogP contribution in [0.15, 0.2) is 71.1 Å². The summed E-state index contributed by atoms with van der Waals surface area (Å²) in [5.74, 6) is 0.172. The third kappa shape index (κ3) is 4.26. The van der Waals surface area contributed by atoms with E-state index in [1.54, 1.807) is 37.4 Å². The Kier molecular flexibility index (Phi) is 5.63. The molecule has 0 amide bonds. The maximum Gasteiger partial charge on any atom is 0.247 e. The first-order valence-electron chi connectivity index (χ1n) is 8.98. The van der Waals surface area contributed by atoms with Gasteiger partial charge >= 0.3 is 0 Å². The number of methoxy groups -OCH3 is 1. The Bertz CT molecular complexity index is 1170. The highest BCUT2D eigenvalue weighted by atomic mass is 35.5.